The molecule has 1 unspecified atom stereocenters. The fourth-order valence-electron chi connectivity index (χ4n) is 2.78. The van der Waals surface area contributed by atoms with E-state index in [9.17, 15) is 19.1 Å². The average Bonchev–Trinajstić information content (AvgIpc) is 3.15. The number of halogens is 1. The molecular formula is C19H16FNO4S2. The van der Waals surface area contributed by atoms with E-state index >= 15 is 0 Å². The summed E-state index contributed by atoms with van der Waals surface area (Å²) in [6.07, 6.45) is 1.49. The van der Waals surface area contributed by atoms with E-state index < -0.39 is 23.7 Å². The standard InChI is InChI=1S/C19H16FNO4S2/c1-10(2)16(18(23)24)21-17(22)15(27-19(21)26)9-11-7-8-14(25-11)12-5-3-4-6-13(12)20/h3-10,16H,1-2H3,(H,23,24). The van der Waals surface area contributed by atoms with Crippen LogP contribution >= 0.6 is 24.0 Å². The number of hydrogen-bond donors (Lipinski definition) is 1. The van der Waals surface area contributed by atoms with Crippen LogP contribution in [0.4, 0.5) is 4.39 Å². The van der Waals surface area contributed by atoms with Crippen LogP contribution in [0.25, 0.3) is 17.4 Å². The molecule has 0 aliphatic carbocycles. The molecule has 2 heterocycles. The third kappa shape index (κ3) is 3.81. The number of thiocarbonyl (C=S) groups is 1. The molecule has 3 rings (SSSR count). The molecule has 140 valence electrons. The second-order valence-corrected chi connectivity index (χ2v) is 7.94. The molecule has 2 aromatic rings. The molecule has 1 saturated heterocycles. The lowest BCUT2D eigenvalue weighted by Gasteiger charge is -2.26. The molecule has 1 aliphatic heterocycles. The van der Waals surface area contributed by atoms with Gasteiger partial charge < -0.3 is 9.52 Å². The Morgan fingerprint density at radius 1 is 1.30 bits per heavy atom. The van der Waals surface area contributed by atoms with E-state index in [0.29, 0.717) is 17.1 Å². The smallest absolute Gasteiger partial charge is 0.327 e. The van der Waals surface area contributed by atoms with E-state index in [2.05, 4.69) is 0 Å². The molecular weight excluding hydrogens is 389 g/mol. The first-order valence-corrected chi connectivity index (χ1v) is 9.36. The molecule has 1 aliphatic rings. The van der Waals surface area contributed by atoms with Crippen molar-refractivity contribution < 1.29 is 23.5 Å². The highest BCUT2D eigenvalue weighted by Crippen LogP contribution is 2.36. The Morgan fingerprint density at radius 2 is 2.00 bits per heavy atom. The Morgan fingerprint density at radius 3 is 2.63 bits per heavy atom. The van der Waals surface area contributed by atoms with Crippen molar-refractivity contribution in [1.29, 1.82) is 0 Å². The van der Waals surface area contributed by atoms with Crippen molar-refractivity contribution in [2.45, 2.75) is 19.9 Å². The van der Waals surface area contributed by atoms with Gasteiger partial charge in [-0.1, -0.05) is 50.0 Å². The fourth-order valence-corrected chi connectivity index (χ4v) is 4.09. The summed E-state index contributed by atoms with van der Waals surface area (Å²) in [6, 6.07) is 8.41. The number of hydrogen-bond acceptors (Lipinski definition) is 5. The number of thioether (sulfide) groups is 1. The third-order valence-electron chi connectivity index (χ3n) is 4.03. The maximum atomic E-state index is 13.9. The minimum absolute atomic E-state index is 0.188. The molecule has 1 aromatic carbocycles. The Bertz CT molecular complexity index is 951. The van der Waals surface area contributed by atoms with Gasteiger partial charge in [0.05, 0.1) is 10.5 Å². The highest BCUT2D eigenvalue weighted by molar-refractivity contribution is 8.26. The van der Waals surface area contributed by atoms with Crippen LogP contribution in [0.2, 0.25) is 0 Å². The van der Waals surface area contributed by atoms with Crippen molar-refractivity contribution in [2.24, 2.45) is 5.92 Å². The maximum absolute atomic E-state index is 13.9. The number of carbonyl (C=O) groups is 2. The first-order chi connectivity index (χ1) is 12.8. The number of rotatable bonds is 5. The number of aliphatic carboxylic acids is 1. The predicted molar refractivity (Wildman–Crippen MR) is 105 cm³/mol. The molecule has 1 N–H and O–H groups in total. The first kappa shape index (κ1) is 19.3. The van der Waals surface area contributed by atoms with Gasteiger partial charge in [-0.2, -0.15) is 0 Å². The minimum atomic E-state index is -1.11. The van der Waals surface area contributed by atoms with Gasteiger partial charge in [0.15, 0.2) is 0 Å². The summed E-state index contributed by atoms with van der Waals surface area (Å²) in [5, 5.41) is 9.43. The molecule has 1 fully saturated rings. The van der Waals surface area contributed by atoms with Crippen LogP contribution in [0.5, 0.6) is 0 Å². The summed E-state index contributed by atoms with van der Waals surface area (Å²) >= 11 is 6.23. The number of furan rings is 1. The van der Waals surface area contributed by atoms with Crippen molar-refractivity contribution in [3.05, 3.63) is 52.9 Å². The zero-order valence-electron chi connectivity index (χ0n) is 14.5. The summed E-state index contributed by atoms with van der Waals surface area (Å²) in [6.45, 7) is 3.43. The number of carboxylic acids is 1. The van der Waals surface area contributed by atoms with Crippen LogP contribution < -0.4 is 0 Å². The van der Waals surface area contributed by atoms with Gasteiger partial charge in [0, 0.05) is 6.08 Å². The first-order valence-electron chi connectivity index (χ1n) is 8.14. The van der Waals surface area contributed by atoms with Gasteiger partial charge in [-0.25, -0.2) is 9.18 Å². The predicted octanol–water partition coefficient (Wildman–Crippen LogP) is 4.40. The molecule has 0 saturated carbocycles. The molecule has 1 atom stereocenters. The van der Waals surface area contributed by atoms with Crippen molar-refractivity contribution in [3.8, 4) is 11.3 Å². The van der Waals surface area contributed by atoms with E-state index in [-0.39, 0.29) is 15.1 Å². The normalized spacial score (nSPS) is 17.2. The summed E-state index contributed by atoms with van der Waals surface area (Å²) in [7, 11) is 0. The van der Waals surface area contributed by atoms with Gasteiger partial charge in [-0.3, -0.25) is 9.69 Å². The summed E-state index contributed by atoms with van der Waals surface area (Å²) in [5.74, 6) is -1.62. The van der Waals surface area contributed by atoms with E-state index in [4.69, 9.17) is 16.6 Å². The zero-order chi connectivity index (χ0) is 19.7. The van der Waals surface area contributed by atoms with Crippen molar-refractivity contribution >= 4 is 46.3 Å². The van der Waals surface area contributed by atoms with Crippen LogP contribution in [0.15, 0.2) is 45.7 Å². The largest absolute Gasteiger partial charge is 0.480 e. The summed E-state index contributed by atoms with van der Waals surface area (Å²) < 4.78 is 19.7. The van der Waals surface area contributed by atoms with E-state index in [1.54, 1.807) is 44.2 Å². The Labute approximate surface area is 164 Å². The van der Waals surface area contributed by atoms with E-state index in [0.717, 1.165) is 16.7 Å². The third-order valence-corrected chi connectivity index (χ3v) is 5.36. The second-order valence-electron chi connectivity index (χ2n) is 6.26. The van der Waals surface area contributed by atoms with Crippen LogP contribution in [0.1, 0.15) is 19.6 Å². The quantitative estimate of drug-likeness (QED) is 0.587. The van der Waals surface area contributed by atoms with Crippen molar-refractivity contribution in [3.63, 3.8) is 0 Å². The summed E-state index contributed by atoms with van der Waals surface area (Å²) in [5.41, 5.74) is 0.315. The minimum Gasteiger partial charge on any atom is -0.480 e. The van der Waals surface area contributed by atoms with Crippen LogP contribution in [0, 0.1) is 11.7 Å². The number of carboxylic acid groups (broad SMARTS) is 1. The SMILES string of the molecule is CC(C)C(C(=O)O)N1C(=O)C(=Cc2ccc(-c3ccccc3F)o2)SC1=S. The van der Waals surface area contributed by atoms with Crippen LogP contribution in [-0.4, -0.2) is 32.2 Å². The average molecular weight is 405 g/mol. The molecule has 27 heavy (non-hydrogen) atoms. The summed E-state index contributed by atoms with van der Waals surface area (Å²) in [4.78, 5) is 25.6. The number of carbonyl (C=O) groups excluding carboxylic acids is 1. The van der Waals surface area contributed by atoms with Crippen LogP contribution in [0.3, 0.4) is 0 Å². The van der Waals surface area contributed by atoms with Gasteiger partial charge in [0.25, 0.3) is 5.91 Å². The molecule has 1 amide bonds. The van der Waals surface area contributed by atoms with Gasteiger partial charge in [-0.05, 0) is 30.2 Å². The molecule has 0 spiro atoms. The Balaban J connectivity index is 1.89. The molecule has 0 bridgehead atoms. The van der Waals surface area contributed by atoms with Crippen molar-refractivity contribution in [2.75, 3.05) is 0 Å². The molecule has 8 heteroatoms. The number of nitrogens with zero attached hydrogens (tertiary/aromatic N) is 1. The molecule has 5 nitrogen and oxygen atoms in total. The van der Waals surface area contributed by atoms with Gasteiger partial charge >= 0.3 is 5.97 Å². The fraction of sp³-hybridized carbons (Fsp3) is 0.211. The molecule has 0 radical (unpaired) electrons. The van der Waals surface area contributed by atoms with E-state index in [1.165, 1.54) is 12.1 Å². The molecule has 1 aromatic heterocycles. The van der Waals surface area contributed by atoms with Gasteiger partial charge in [-0.15, -0.1) is 0 Å². The highest BCUT2D eigenvalue weighted by atomic mass is 32.2. The van der Waals surface area contributed by atoms with Gasteiger partial charge in [0.2, 0.25) is 0 Å². The monoisotopic (exact) mass is 405 g/mol. The number of benzene rings is 1. The van der Waals surface area contributed by atoms with Crippen molar-refractivity contribution in [1.82, 2.24) is 4.90 Å². The Kier molecular flexibility index (Phi) is 5.48. The number of amides is 1. The van der Waals surface area contributed by atoms with Gasteiger partial charge in [0.1, 0.15) is 27.7 Å². The Hall–Kier alpha value is -2.45. The van der Waals surface area contributed by atoms with Crippen LogP contribution in [-0.2, 0) is 9.59 Å². The highest BCUT2D eigenvalue weighted by Gasteiger charge is 2.42. The second kappa shape index (κ2) is 7.66. The zero-order valence-corrected chi connectivity index (χ0v) is 16.1. The lowest BCUT2D eigenvalue weighted by atomic mass is 10.0. The lowest BCUT2D eigenvalue weighted by Crippen LogP contribution is -2.47. The lowest BCUT2D eigenvalue weighted by molar-refractivity contribution is -0.146. The maximum Gasteiger partial charge on any atom is 0.327 e. The van der Waals surface area contributed by atoms with E-state index in [1.807, 2.05) is 0 Å². The topological polar surface area (TPSA) is 70.8 Å².